The first-order chi connectivity index (χ1) is 9.69. The molecule has 0 spiro atoms. The van der Waals surface area contributed by atoms with Crippen LogP contribution in [0.1, 0.15) is 5.56 Å². The van der Waals surface area contributed by atoms with E-state index in [1.165, 1.54) is 13.2 Å². The van der Waals surface area contributed by atoms with E-state index < -0.39 is 0 Å². The van der Waals surface area contributed by atoms with Gasteiger partial charge < -0.3 is 10.1 Å². The van der Waals surface area contributed by atoms with Crippen molar-refractivity contribution in [2.24, 2.45) is 0 Å². The number of methoxy groups -OCH3 is 1. The number of amides is 1. The molecule has 1 N–H and O–H groups in total. The maximum atomic E-state index is 11.8. The van der Waals surface area contributed by atoms with Gasteiger partial charge in [0.2, 0.25) is 5.91 Å². The van der Waals surface area contributed by atoms with Gasteiger partial charge in [0.05, 0.1) is 12.1 Å². The number of carbonyl (C=O) groups is 1. The third-order valence-corrected chi connectivity index (χ3v) is 2.83. The molecule has 0 bridgehead atoms. The number of aromatic nitrogens is 1. The number of rotatable bonds is 4. The largest absolute Gasteiger partial charge is 0.495 e. The zero-order chi connectivity index (χ0) is 14.4. The Hall–Kier alpha value is -2.33. The third kappa shape index (κ3) is 3.83. The topological polar surface area (TPSA) is 51.2 Å². The molecular weight excluding hydrogens is 276 g/mol. The molecule has 102 valence electrons. The van der Waals surface area contributed by atoms with Gasteiger partial charge in [-0.2, -0.15) is 0 Å². The molecule has 4 nitrogen and oxygen atoms in total. The van der Waals surface area contributed by atoms with Crippen molar-refractivity contribution in [3.63, 3.8) is 0 Å². The number of ether oxygens (including phenoxy) is 1. The molecule has 0 aliphatic carbocycles. The molecule has 1 amide bonds. The highest BCUT2D eigenvalue weighted by Crippen LogP contribution is 2.27. The van der Waals surface area contributed by atoms with Crippen molar-refractivity contribution in [2.75, 3.05) is 12.4 Å². The average molecular weight is 289 g/mol. The van der Waals surface area contributed by atoms with E-state index in [1.54, 1.807) is 42.7 Å². The van der Waals surface area contributed by atoms with Crippen molar-refractivity contribution >= 4 is 29.3 Å². The van der Waals surface area contributed by atoms with Crippen molar-refractivity contribution in [1.82, 2.24) is 4.98 Å². The van der Waals surface area contributed by atoms with Gasteiger partial charge in [-0.25, -0.2) is 0 Å². The standard InChI is InChI=1S/C15H13ClN2O2/c1-20-14-6-5-12(9-13(14)16)18-15(19)7-4-11-3-2-8-17-10-11/h2-10H,1H3,(H,18,19)/b7-4+. The van der Waals surface area contributed by atoms with Gasteiger partial charge in [-0.05, 0) is 35.9 Å². The molecule has 0 unspecified atom stereocenters. The lowest BCUT2D eigenvalue weighted by atomic mass is 10.2. The molecule has 0 atom stereocenters. The zero-order valence-electron chi connectivity index (χ0n) is 10.8. The Bertz CT molecular complexity index is 627. The van der Waals surface area contributed by atoms with Gasteiger partial charge in [0.15, 0.2) is 0 Å². The van der Waals surface area contributed by atoms with Crippen molar-refractivity contribution < 1.29 is 9.53 Å². The van der Waals surface area contributed by atoms with Crippen LogP contribution in [-0.2, 0) is 4.79 Å². The molecule has 2 rings (SSSR count). The van der Waals surface area contributed by atoms with Crippen LogP contribution in [0.25, 0.3) is 6.08 Å². The summed E-state index contributed by atoms with van der Waals surface area (Å²) in [5.41, 5.74) is 1.46. The average Bonchev–Trinajstić information content (AvgIpc) is 2.46. The maximum absolute atomic E-state index is 11.8. The Morgan fingerprint density at radius 1 is 1.40 bits per heavy atom. The molecule has 0 fully saturated rings. The lowest BCUT2D eigenvalue weighted by molar-refractivity contribution is -0.111. The summed E-state index contributed by atoms with van der Waals surface area (Å²) in [7, 11) is 1.54. The second-order valence-electron chi connectivity index (χ2n) is 3.96. The smallest absolute Gasteiger partial charge is 0.248 e. The van der Waals surface area contributed by atoms with Gasteiger partial charge in [-0.15, -0.1) is 0 Å². The van der Waals surface area contributed by atoms with E-state index in [1.807, 2.05) is 6.07 Å². The third-order valence-electron chi connectivity index (χ3n) is 2.53. The van der Waals surface area contributed by atoms with E-state index in [9.17, 15) is 4.79 Å². The number of benzene rings is 1. The highest BCUT2D eigenvalue weighted by atomic mass is 35.5. The maximum Gasteiger partial charge on any atom is 0.248 e. The monoisotopic (exact) mass is 288 g/mol. The fourth-order valence-electron chi connectivity index (χ4n) is 1.57. The minimum atomic E-state index is -0.241. The Labute approximate surface area is 122 Å². The lowest BCUT2D eigenvalue weighted by Gasteiger charge is -2.06. The minimum Gasteiger partial charge on any atom is -0.495 e. The van der Waals surface area contributed by atoms with Crippen molar-refractivity contribution in [3.8, 4) is 5.75 Å². The van der Waals surface area contributed by atoms with Gasteiger partial charge in [0.1, 0.15) is 5.75 Å². The number of halogens is 1. The highest BCUT2D eigenvalue weighted by Gasteiger charge is 2.03. The molecule has 5 heteroatoms. The molecule has 20 heavy (non-hydrogen) atoms. The molecule has 0 aliphatic rings. The molecule has 0 saturated carbocycles. The molecule has 1 heterocycles. The Kier molecular flexibility index (Phi) is 4.74. The quantitative estimate of drug-likeness (QED) is 0.877. The number of pyridine rings is 1. The van der Waals surface area contributed by atoms with E-state index in [0.29, 0.717) is 16.5 Å². The molecule has 0 saturated heterocycles. The van der Waals surface area contributed by atoms with E-state index in [-0.39, 0.29) is 5.91 Å². The van der Waals surface area contributed by atoms with Crippen LogP contribution >= 0.6 is 11.6 Å². The summed E-state index contributed by atoms with van der Waals surface area (Å²) in [5, 5.41) is 3.16. The Morgan fingerprint density at radius 2 is 2.25 bits per heavy atom. The number of nitrogens with zero attached hydrogens (tertiary/aromatic N) is 1. The second-order valence-corrected chi connectivity index (χ2v) is 4.37. The van der Waals surface area contributed by atoms with Crippen LogP contribution in [0.3, 0.4) is 0 Å². The van der Waals surface area contributed by atoms with E-state index in [4.69, 9.17) is 16.3 Å². The van der Waals surface area contributed by atoms with Crippen molar-refractivity contribution in [3.05, 3.63) is 59.4 Å². The summed E-state index contributed by atoms with van der Waals surface area (Å²) in [6.45, 7) is 0. The summed E-state index contributed by atoms with van der Waals surface area (Å²) in [5.74, 6) is 0.325. The fourth-order valence-corrected chi connectivity index (χ4v) is 1.83. The van der Waals surface area contributed by atoms with E-state index in [0.717, 1.165) is 5.56 Å². The first-order valence-corrected chi connectivity index (χ1v) is 6.29. The van der Waals surface area contributed by atoms with Crippen LogP contribution < -0.4 is 10.1 Å². The Balaban J connectivity index is 2.01. The fraction of sp³-hybridized carbons (Fsp3) is 0.0667. The predicted molar refractivity (Wildman–Crippen MR) is 79.9 cm³/mol. The predicted octanol–water partition coefficient (Wildman–Crippen LogP) is 3.40. The van der Waals surface area contributed by atoms with Crippen LogP contribution in [0.15, 0.2) is 48.8 Å². The normalized spacial score (nSPS) is 10.5. The molecule has 0 radical (unpaired) electrons. The van der Waals surface area contributed by atoms with Gasteiger partial charge in [0, 0.05) is 24.2 Å². The summed E-state index contributed by atoms with van der Waals surface area (Å²) >= 11 is 5.98. The molecule has 1 aromatic heterocycles. The number of nitrogens with one attached hydrogen (secondary N) is 1. The summed E-state index contributed by atoms with van der Waals surface area (Å²) in [6, 6.07) is 8.72. The van der Waals surface area contributed by atoms with Crippen LogP contribution in [0.5, 0.6) is 5.75 Å². The van der Waals surface area contributed by atoms with Gasteiger partial charge in [-0.1, -0.05) is 17.7 Å². The first kappa shape index (κ1) is 14.1. The zero-order valence-corrected chi connectivity index (χ0v) is 11.6. The van der Waals surface area contributed by atoms with Gasteiger partial charge in [0.25, 0.3) is 0 Å². The van der Waals surface area contributed by atoms with Crippen molar-refractivity contribution in [2.45, 2.75) is 0 Å². The van der Waals surface area contributed by atoms with Crippen LogP contribution in [-0.4, -0.2) is 18.0 Å². The minimum absolute atomic E-state index is 0.241. The SMILES string of the molecule is COc1ccc(NC(=O)/C=C/c2cccnc2)cc1Cl. The molecule has 0 aliphatic heterocycles. The van der Waals surface area contributed by atoms with Crippen LogP contribution in [0, 0.1) is 0 Å². The Morgan fingerprint density at radius 3 is 2.90 bits per heavy atom. The van der Waals surface area contributed by atoms with Gasteiger partial charge in [-0.3, -0.25) is 9.78 Å². The van der Waals surface area contributed by atoms with E-state index >= 15 is 0 Å². The molecular formula is C15H13ClN2O2. The summed E-state index contributed by atoms with van der Waals surface area (Å²) < 4.78 is 5.04. The number of anilines is 1. The highest BCUT2D eigenvalue weighted by molar-refractivity contribution is 6.32. The summed E-state index contributed by atoms with van der Waals surface area (Å²) in [6.07, 6.45) is 6.48. The summed E-state index contributed by atoms with van der Waals surface area (Å²) in [4.78, 5) is 15.7. The first-order valence-electron chi connectivity index (χ1n) is 5.91. The molecule has 2 aromatic rings. The van der Waals surface area contributed by atoms with Crippen molar-refractivity contribution in [1.29, 1.82) is 0 Å². The number of hydrogen-bond donors (Lipinski definition) is 1. The number of carbonyl (C=O) groups excluding carboxylic acids is 1. The lowest BCUT2D eigenvalue weighted by Crippen LogP contribution is -2.07. The van der Waals surface area contributed by atoms with Crippen LogP contribution in [0.4, 0.5) is 5.69 Å². The second kappa shape index (κ2) is 6.73. The molecule has 1 aromatic carbocycles. The number of hydrogen-bond acceptors (Lipinski definition) is 3. The van der Waals surface area contributed by atoms with Crippen LogP contribution in [0.2, 0.25) is 5.02 Å². The van der Waals surface area contributed by atoms with E-state index in [2.05, 4.69) is 10.3 Å². The van der Waals surface area contributed by atoms with Gasteiger partial charge >= 0.3 is 0 Å².